The fraction of sp³-hybridized carbons (Fsp3) is 0.273. The Bertz CT molecular complexity index is 1000. The number of rotatable bonds is 8. The summed E-state index contributed by atoms with van der Waals surface area (Å²) >= 11 is 1.54. The predicted octanol–water partition coefficient (Wildman–Crippen LogP) is 4.24. The summed E-state index contributed by atoms with van der Waals surface area (Å²) < 4.78 is 25.0. The van der Waals surface area contributed by atoms with Gasteiger partial charge in [0.25, 0.3) is 0 Å². The summed E-state index contributed by atoms with van der Waals surface area (Å²) in [6.07, 6.45) is 1.11. The molecular weight excluding hydrogens is 391 g/mol. The van der Waals surface area contributed by atoms with Gasteiger partial charge in [-0.1, -0.05) is 18.2 Å². The van der Waals surface area contributed by atoms with Crippen molar-refractivity contribution in [2.75, 3.05) is 20.8 Å². The van der Waals surface area contributed by atoms with Crippen LogP contribution in [0, 0.1) is 5.82 Å². The van der Waals surface area contributed by atoms with Gasteiger partial charge in [-0.3, -0.25) is 4.79 Å². The van der Waals surface area contributed by atoms with Crippen LogP contribution in [-0.2, 0) is 17.6 Å². The van der Waals surface area contributed by atoms with Crippen molar-refractivity contribution < 1.29 is 18.7 Å². The van der Waals surface area contributed by atoms with Crippen LogP contribution in [0.2, 0.25) is 0 Å². The van der Waals surface area contributed by atoms with Gasteiger partial charge in [0.15, 0.2) is 11.5 Å². The SMILES string of the molecule is COc1ccc(Cc2nc(-c3ccc(CCNC(C)=O)c(F)c3)cs2)cc1OC. The fourth-order valence-corrected chi connectivity index (χ4v) is 3.81. The number of nitrogens with one attached hydrogen (secondary N) is 1. The first-order chi connectivity index (χ1) is 14.0. The lowest BCUT2D eigenvalue weighted by molar-refractivity contribution is -0.118. The lowest BCUT2D eigenvalue weighted by atomic mass is 10.1. The van der Waals surface area contributed by atoms with Gasteiger partial charge < -0.3 is 14.8 Å². The molecule has 0 atom stereocenters. The number of methoxy groups -OCH3 is 2. The molecule has 0 aliphatic rings. The number of halogens is 1. The molecule has 0 unspecified atom stereocenters. The number of hydrogen-bond donors (Lipinski definition) is 1. The molecule has 0 saturated heterocycles. The highest BCUT2D eigenvalue weighted by atomic mass is 32.1. The molecule has 5 nitrogen and oxygen atoms in total. The van der Waals surface area contributed by atoms with Gasteiger partial charge in [0.2, 0.25) is 5.91 Å². The molecule has 0 radical (unpaired) electrons. The Labute approximate surface area is 173 Å². The molecule has 0 bridgehead atoms. The highest BCUT2D eigenvalue weighted by molar-refractivity contribution is 7.10. The van der Waals surface area contributed by atoms with E-state index < -0.39 is 0 Å². The quantitative estimate of drug-likeness (QED) is 0.599. The van der Waals surface area contributed by atoms with E-state index in [0.29, 0.717) is 36.4 Å². The van der Waals surface area contributed by atoms with Gasteiger partial charge >= 0.3 is 0 Å². The molecule has 3 aromatic rings. The highest BCUT2D eigenvalue weighted by Gasteiger charge is 2.11. The molecule has 1 heterocycles. The van der Waals surface area contributed by atoms with Crippen LogP contribution < -0.4 is 14.8 Å². The van der Waals surface area contributed by atoms with Crippen LogP contribution in [0.3, 0.4) is 0 Å². The fourth-order valence-electron chi connectivity index (χ4n) is 2.97. The van der Waals surface area contributed by atoms with Crippen molar-refractivity contribution in [3.63, 3.8) is 0 Å². The Hall–Kier alpha value is -2.93. The van der Waals surface area contributed by atoms with E-state index in [9.17, 15) is 9.18 Å². The number of benzene rings is 2. The Kier molecular flexibility index (Phi) is 6.82. The first kappa shape index (κ1) is 20.8. The van der Waals surface area contributed by atoms with Crippen LogP contribution in [0.5, 0.6) is 11.5 Å². The first-order valence-corrected chi connectivity index (χ1v) is 10.1. The van der Waals surface area contributed by atoms with Gasteiger partial charge in [0, 0.05) is 30.8 Å². The summed E-state index contributed by atoms with van der Waals surface area (Å²) in [5, 5.41) is 5.54. The maximum atomic E-state index is 14.4. The number of thiazole rings is 1. The van der Waals surface area contributed by atoms with Crippen LogP contribution >= 0.6 is 11.3 Å². The number of hydrogen-bond acceptors (Lipinski definition) is 5. The van der Waals surface area contributed by atoms with Gasteiger partial charge in [0.1, 0.15) is 5.82 Å². The predicted molar refractivity (Wildman–Crippen MR) is 112 cm³/mol. The number of aromatic nitrogens is 1. The second-order valence-electron chi connectivity index (χ2n) is 6.53. The molecule has 152 valence electrons. The molecular formula is C22H23FN2O3S. The Morgan fingerprint density at radius 3 is 2.62 bits per heavy atom. The monoisotopic (exact) mass is 414 g/mol. The molecule has 3 rings (SSSR count). The summed E-state index contributed by atoms with van der Waals surface area (Å²) in [5.41, 5.74) is 3.12. The smallest absolute Gasteiger partial charge is 0.216 e. The molecule has 0 aliphatic heterocycles. The molecule has 0 fully saturated rings. The third-order valence-electron chi connectivity index (χ3n) is 4.47. The van der Waals surface area contributed by atoms with E-state index in [4.69, 9.17) is 9.47 Å². The van der Waals surface area contributed by atoms with E-state index in [1.54, 1.807) is 20.3 Å². The minimum atomic E-state index is -0.290. The van der Waals surface area contributed by atoms with E-state index in [2.05, 4.69) is 10.3 Å². The van der Waals surface area contributed by atoms with Crippen LogP contribution in [0.15, 0.2) is 41.8 Å². The number of ether oxygens (including phenoxy) is 2. The zero-order valence-electron chi connectivity index (χ0n) is 16.6. The largest absolute Gasteiger partial charge is 0.493 e. The molecule has 1 amide bonds. The third-order valence-corrected chi connectivity index (χ3v) is 5.32. The summed E-state index contributed by atoms with van der Waals surface area (Å²) in [5.74, 6) is 0.956. The summed E-state index contributed by atoms with van der Waals surface area (Å²) in [7, 11) is 3.21. The lowest BCUT2D eigenvalue weighted by Crippen LogP contribution is -2.22. The van der Waals surface area contributed by atoms with Crippen LogP contribution in [0.1, 0.15) is 23.1 Å². The van der Waals surface area contributed by atoms with E-state index in [1.807, 2.05) is 29.6 Å². The van der Waals surface area contributed by atoms with Crippen molar-refractivity contribution in [3.05, 3.63) is 63.7 Å². The maximum Gasteiger partial charge on any atom is 0.216 e. The van der Waals surface area contributed by atoms with E-state index in [0.717, 1.165) is 21.8 Å². The number of amides is 1. The van der Waals surface area contributed by atoms with Crippen molar-refractivity contribution >= 4 is 17.2 Å². The van der Waals surface area contributed by atoms with E-state index in [1.165, 1.54) is 24.3 Å². The number of nitrogens with zero attached hydrogens (tertiary/aromatic N) is 1. The summed E-state index contributed by atoms with van der Waals surface area (Å²) in [4.78, 5) is 15.6. The molecule has 7 heteroatoms. The normalized spacial score (nSPS) is 10.6. The average molecular weight is 415 g/mol. The van der Waals surface area contributed by atoms with Crippen LogP contribution in [0.4, 0.5) is 4.39 Å². The van der Waals surface area contributed by atoms with E-state index >= 15 is 0 Å². The lowest BCUT2D eigenvalue weighted by Gasteiger charge is -2.08. The van der Waals surface area contributed by atoms with Crippen molar-refractivity contribution in [2.24, 2.45) is 0 Å². The van der Waals surface area contributed by atoms with Crippen molar-refractivity contribution in [3.8, 4) is 22.8 Å². The molecule has 29 heavy (non-hydrogen) atoms. The standard InChI is InChI=1S/C22H23FN2O3S/c1-14(26)24-9-8-16-5-6-17(12-18(16)23)19-13-29-22(25-19)11-15-4-7-20(27-2)21(10-15)28-3/h4-7,10,12-13H,8-9,11H2,1-3H3,(H,24,26). The molecule has 1 N–H and O–H groups in total. The number of carbonyl (C=O) groups excluding carboxylic acids is 1. The van der Waals surface area contributed by atoms with Gasteiger partial charge in [-0.15, -0.1) is 11.3 Å². The second kappa shape index (κ2) is 9.52. The Morgan fingerprint density at radius 2 is 1.93 bits per heavy atom. The van der Waals surface area contributed by atoms with Crippen molar-refractivity contribution in [1.29, 1.82) is 0 Å². The van der Waals surface area contributed by atoms with Crippen molar-refractivity contribution in [1.82, 2.24) is 10.3 Å². The maximum absolute atomic E-state index is 14.4. The summed E-state index contributed by atoms with van der Waals surface area (Å²) in [6.45, 7) is 1.86. The molecule has 1 aromatic heterocycles. The second-order valence-corrected chi connectivity index (χ2v) is 7.47. The molecule has 0 aliphatic carbocycles. The number of carbonyl (C=O) groups is 1. The molecule has 2 aromatic carbocycles. The van der Waals surface area contributed by atoms with Crippen LogP contribution in [-0.4, -0.2) is 31.7 Å². The Balaban J connectivity index is 1.71. The van der Waals surface area contributed by atoms with Gasteiger partial charge in [-0.25, -0.2) is 9.37 Å². The van der Waals surface area contributed by atoms with Gasteiger partial charge in [-0.05, 0) is 35.7 Å². The Morgan fingerprint density at radius 1 is 1.14 bits per heavy atom. The zero-order chi connectivity index (χ0) is 20.8. The van der Waals surface area contributed by atoms with Gasteiger partial charge in [0.05, 0.1) is 24.9 Å². The van der Waals surface area contributed by atoms with Gasteiger partial charge in [-0.2, -0.15) is 0 Å². The van der Waals surface area contributed by atoms with Crippen molar-refractivity contribution in [2.45, 2.75) is 19.8 Å². The first-order valence-electron chi connectivity index (χ1n) is 9.18. The zero-order valence-corrected chi connectivity index (χ0v) is 17.4. The summed E-state index contributed by atoms with van der Waals surface area (Å²) in [6, 6.07) is 10.9. The highest BCUT2D eigenvalue weighted by Crippen LogP contribution is 2.30. The average Bonchev–Trinajstić information content (AvgIpc) is 3.17. The minimum absolute atomic E-state index is 0.119. The molecule has 0 spiro atoms. The topological polar surface area (TPSA) is 60.5 Å². The molecule has 0 saturated carbocycles. The third kappa shape index (κ3) is 5.32. The van der Waals surface area contributed by atoms with Crippen LogP contribution in [0.25, 0.3) is 11.3 Å². The van der Waals surface area contributed by atoms with E-state index in [-0.39, 0.29) is 11.7 Å². The minimum Gasteiger partial charge on any atom is -0.493 e.